The van der Waals surface area contributed by atoms with Crippen molar-refractivity contribution in [3.63, 3.8) is 0 Å². The molecule has 2 aromatic rings. The van der Waals surface area contributed by atoms with Gasteiger partial charge in [-0.25, -0.2) is 9.78 Å². The van der Waals surface area contributed by atoms with Crippen molar-refractivity contribution in [3.05, 3.63) is 35.5 Å². The van der Waals surface area contributed by atoms with E-state index in [9.17, 15) is 14.4 Å². The summed E-state index contributed by atoms with van der Waals surface area (Å²) in [5.74, 6) is -1.33. The Balaban J connectivity index is 1.51. The smallest absolute Gasteiger partial charge is 0.328 e. The molecule has 1 fully saturated rings. The second-order valence-corrected chi connectivity index (χ2v) is 7.41. The van der Waals surface area contributed by atoms with Crippen molar-refractivity contribution in [1.29, 1.82) is 0 Å². The number of rotatable bonds is 7. The van der Waals surface area contributed by atoms with Gasteiger partial charge in [-0.15, -0.1) is 11.3 Å². The van der Waals surface area contributed by atoms with Gasteiger partial charge in [0.15, 0.2) is 6.61 Å². The minimum atomic E-state index is -0.602. The minimum Gasteiger partial charge on any atom is -0.464 e. The molecule has 1 saturated heterocycles. The SMILES string of the molecule is CCOC(=O)C1CCCCN1C(=O)COC(=O)Cc1csc(-c2ccccn2)n1. The van der Waals surface area contributed by atoms with Crippen LogP contribution >= 0.6 is 11.3 Å². The van der Waals surface area contributed by atoms with Crippen LogP contribution in [0, 0.1) is 0 Å². The van der Waals surface area contributed by atoms with Gasteiger partial charge in [-0.05, 0) is 38.3 Å². The van der Waals surface area contributed by atoms with Gasteiger partial charge in [-0.3, -0.25) is 14.6 Å². The number of nitrogens with zero attached hydrogens (tertiary/aromatic N) is 3. The molecule has 0 bridgehead atoms. The number of carbonyl (C=O) groups is 3. The van der Waals surface area contributed by atoms with Gasteiger partial charge in [-0.2, -0.15) is 0 Å². The van der Waals surface area contributed by atoms with Gasteiger partial charge in [0.25, 0.3) is 5.91 Å². The summed E-state index contributed by atoms with van der Waals surface area (Å²) < 4.78 is 10.2. The molecule has 0 saturated carbocycles. The molecule has 1 unspecified atom stereocenters. The third-order valence-corrected chi connectivity index (χ3v) is 5.41. The summed E-state index contributed by atoms with van der Waals surface area (Å²) in [5.41, 5.74) is 1.30. The summed E-state index contributed by atoms with van der Waals surface area (Å²) in [7, 11) is 0. The van der Waals surface area contributed by atoms with E-state index in [1.807, 2.05) is 18.2 Å². The molecular formula is C20H23N3O5S. The third-order valence-electron chi connectivity index (χ3n) is 4.50. The number of aromatic nitrogens is 2. The first-order valence-corrected chi connectivity index (χ1v) is 10.4. The van der Waals surface area contributed by atoms with Gasteiger partial charge in [0.2, 0.25) is 0 Å². The number of esters is 2. The van der Waals surface area contributed by atoms with Crippen molar-refractivity contribution in [2.45, 2.75) is 38.6 Å². The van der Waals surface area contributed by atoms with Crippen molar-refractivity contribution < 1.29 is 23.9 Å². The summed E-state index contributed by atoms with van der Waals surface area (Å²) in [4.78, 5) is 46.8. The number of pyridine rings is 1. The van der Waals surface area contributed by atoms with Gasteiger partial charge in [0.05, 0.1) is 24.4 Å². The zero-order valence-corrected chi connectivity index (χ0v) is 17.0. The highest BCUT2D eigenvalue weighted by Gasteiger charge is 2.33. The van der Waals surface area contributed by atoms with Gasteiger partial charge >= 0.3 is 11.9 Å². The standard InChI is InChI=1S/C20H23N3O5S/c1-2-27-20(26)16-8-4-6-10-23(16)17(24)12-28-18(25)11-14-13-29-19(22-14)15-7-3-5-9-21-15/h3,5,7,9,13,16H,2,4,6,8,10-12H2,1H3. The van der Waals surface area contributed by atoms with Gasteiger partial charge in [0, 0.05) is 18.1 Å². The Kier molecular flexibility index (Phi) is 7.29. The molecule has 0 aromatic carbocycles. The van der Waals surface area contributed by atoms with Crippen molar-refractivity contribution in [2.24, 2.45) is 0 Å². The van der Waals surface area contributed by atoms with E-state index in [4.69, 9.17) is 9.47 Å². The lowest BCUT2D eigenvalue weighted by molar-refractivity contribution is -0.160. The summed E-state index contributed by atoms with van der Waals surface area (Å²) in [5, 5.41) is 2.49. The molecule has 2 aromatic heterocycles. The molecule has 0 spiro atoms. The van der Waals surface area contributed by atoms with E-state index in [1.165, 1.54) is 16.2 Å². The van der Waals surface area contributed by atoms with E-state index in [1.54, 1.807) is 18.5 Å². The zero-order chi connectivity index (χ0) is 20.6. The molecule has 154 valence electrons. The molecule has 0 aliphatic carbocycles. The largest absolute Gasteiger partial charge is 0.464 e. The number of likely N-dealkylation sites (tertiary alicyclic amines) is 1. The fraction of sp³-hybridized carbons (Fsp3) is 0.450. The van der Waals surface area contributed by atoms with Crippen LogP contribution in [0.3, 0.4) is 0 Å². The maximum absolute atomic E-state index is 12.5. The summed E-state index contributed by atoms with van der Waals surface area (Å²) in [6, 6.07) is 4.93. The van der Waals surface area contributed by atoms with Crippen LogP contribution in [0.25, 0.3) is 10.7 Å². The van der Waals surface area contributed by atoms with E-state index >= 15 is 0 Å². The Morgan fingerprint density at radius 3 is 2.86 bits per heavy atom. The number of piperidine rings is 1. The number of carbonyl (C=O) groups excluding carboxylic acids is 3. The Bertz CT molecular complexity index is 855. The quantitative estimate of drug-likeness (QED) is 0.637. The molecule has 29 heavy (non-hydrogen) atoms. The Hall–Kier alpha value is -2.81. The molecule has 1 aliphatic heterocycles. The molecule has 0 N–H and O–H groups in total. The average Bonchev–Trinajstić information content (AvgIpc) is 3.21. The minimum absolute atomic E-state index is 0.0298. The molecule has 0 radical (unpaired) electrons. The first kappa shape index (κ1) is 20.9. The lowest BCUT2D eigenvalue weighted by Crippen LogP contribution is -2.50. The van der Waals surface area contributed by atoms with E-state index in [2.05, 4.69) is 9.97 Å². The number of hydrogen-bond acceptors (Lipinski definition) is 8. The van der Waals surface area contributed by atoms with Crippen molar-refractivity contribution in [2.75, 3.05) is 19.8 Å². The second-order valence-electron chi connectivity index (χ2n) is 6.55. The lowest BCUT2D eigenvalue weighted by Gasteiger charge is -2.33. The van der Waals surface area contributed by atoms with Crippen LogP contribution in [0.5, 0.6) is 0 Å². The Morgan fingerprint density at radius 2 is 2.10 bits per heavy atom. The molecular weight excluding hydrogens is 394 g/mol. The predicted molar refractivity (Wildman–Crippen MR) is 106 cm³/mol. The normalized spacial score (nSPS) is 16.3. The topological polar surface area (TPSA) is 98.7 Å². The Labute approximate surface area is 172 Å². The molecule has 1 atom stereocenters. The van der Waals surface area contributed by atoms with Gasteiger partial charge in [0.1, 0.15) is 11.0 Å². The highest BCUT2D eigenvalue weighted by Crippen LogP contribution is 2.22. The zero-order valence-electron chi connectivity index (χ0n) is 16.2. The average molecular weight is 417 g/mol. The highest BCUT2D eigenvalue weighted by atomic mass is 32.1. The number of amides is 1. The van der Waals surface area contributed by atoms with Crippen LogP contribution in [0.2, 0.25) is 0 Å². The third kappa shape index (κ3) is 5.60. The van der Waals surface area contributed by atoms with Gasteiger partial charge in [-0.1, -0.05) is 6.07 Å². The monoisotopic (exact) mass is 417 g/mol. The predicted octanol–water partition coefficient (Wildman–Crippen LogP) is 2.24. The summed E-state index contributed by atoms with van der Waals surface area (Å²) >= 11 is 1.39. The molecule has 8 nitrogen and oxygen atoms in total. The van der Waals surface area contributed by atoms with Crippen LogP contribution in [0.1, 0.15) is 31.9 Å². The highest BCUT2D eigenvalue weighted by molar-refractivity contribution is 7.13. The fourth-order valence-electron chi connectivity index (χ4n) is 3.13. The van der Waals surface area contributed by atoms with Crippen LogP contribution in [0.4, 0.5) is 0 Å². The Morgan fingerprint density at radius 1 is 1.24 bits per heavy atom. The molecule has 9 heteroatoms. The molecule has 1 amide bonds. The second kappa shape index (κ2) is 10.1. The lowest BCUT2D eigenvalue weighted by atomic mass is 10.0. The molecule has 1 aliphatic rings. The van der Waals surface area contributed by atoms with E-state index < -0.39 is 24.6 Å². The van der Waals surface area contributed by atoms with Gasteiger partial charge < -0.3 is 14.4 Å². The first-order chi connectivity index (χ1) is 14.1. The number of thiazole rings is 1. The fourth-order valence-corrected chi connectivity index (χ4v) is 3.93. The van der Waals surface area contributed by atoms with Crippen molar-refractivity contribution in [3.8, 4) is 10.7 Å². The van der Waals surface area contributed by atoms with E-state index in [0.29, 0.717) is 18.7 Å². The number of hydrogen-bond donors (Lipinski definition) is 0. The summed E-state index contributed by atoms with van der Waals surface area (Å²) in [6.45, 7) is 2.05. The van der Waals surface area contributed by atoms with E-state index in [0.717, 1.165) is 23.5 Å². The molecule has 3 heterocycles. The van der Waals surface area contributed by atoms with Crippen LogP contribution < -0.4 is 0 Å². The summed E-state index contributed by atoms with van der Waals surface area (Å²) in [6.07, 6.45) is 3.88. The maximum atomic E-state index is 12.5. The van der Waals surface area contributed by atoms with Crippen LogP contribution in [-0.4, -0.2) is 58.5 Å². The van der Waals surface area contributed by atoms with Crippen LogP contribution in [0.15, 0.2) is 29.8 Å². The first-order valence-electron chi connectivity index (χ1n) is 9.56. The van der Waals surface area contributed by atoms with E-state index in [-0.39, 0.29) is 18.9 Å². The maximum Gasteiger partial charge on any atom is 0.328 e. The molecule has 3 rings (SSSR count). The van der Waals surface area contributed by atoms with Crippen LogP contribution in [-0.2, 0) is 30.3 Å². The number of ether oxygens (including phenoxy) is 2. The van der Waals surface area contributed by atoms with Crippen molar-refractivity contribution >= 4 is 29.2 Å². The van der Waals surface area contributed by atoms with Crippen molar-refractivity contribution in [1.82, 2.24) is 14.9 Å².